The summed E-state index contributed by atoms with van der Waals surface area (Å²) in [7, 11) is -3.28. The summed E-state index contributed by atoms with van der Waals surface area (Å²) in [5.41, 5.74) is 3.05. The standard InChI is InChI=1S/C21H29N3O3S/c1-17-20(18(2)27-22-17)13-23-11-6-9-21(15-23)10-12-24(16-21)28(25,26)14-19-7-4-3-5-8-19/h3-5,7-8H,6,9-16H2,1-2H3. The molecule has 0 amide bonds. The topological polar surface area (TPSA) is 66.7 Å². The van der Waals surface area contributed by atoms with Crippen LogP contribution in [-0.4, -0.2) is 49.0 Å². The molecule has 2 fully saturated rings. The van der Waals surface area contributed by atoms with Gasteiger partial charge in [-0.3, -0.25) is 4.90 Å². The number of rotatable bonds is 5. The molecule has 0 bridgehead atoms. The van der Waals surface area contributed by atoms with E-state index < -0.39 is 10.0 Å². The summed E-state index contributed by atoms with van der Waals surface area (Å²) in [6, 6.07) is 9.47. The molecule has 3 heterocycles. The van der Waals surface area contributed by atoms with Crippen LogP contribution in [0, 0.1) is 19.3 Å². The largest absolute Gasteiger partial charge is 0.361 e. The van der Waals surface area contributed by atoms with E-state index in [0.29, 0.717) is 13.1 Å². The lowest BCUT2D eigenvalue weighted by Crippen LogP contribution is -2.45. The van der Waals surface area contributed by atoms with E-state index in [9.17, 15) is 8.42 Å². The van der Waals surface area contributed by atoms with E-state index in [1.807, 2.05) is 44.2 Å². The number of aromatic nitrogens is 1. The average Bonchev–Trinajstić information content (AvgIpc) is 3.21. The molecule has 0 aliphatic carbocycles. The SMILES string of the molecule is Cc1noc(C)c1CN1CCCC2(CCN(S(=O)(=O)Cc3ccccc3)C2)C1. The zero-order chi connectivity index (χ0) is 19.8. The van der Waals surface area contributed by atoms with Gasteiger partial charge >= 0.3 is 0 Å². The summed E-state index contributed by atoms with van der Waals surface area (Å²) in [5, 5.41) is 4.07. The maximum absolute atomic E-state index is 12.9. The molecule has 2 aromatic rings. The van der Waals surface area contributed by atoms with E-state index in [0.717, 1.165) is 55.9 Å². The van der Waals surface area contributed by atoms with Gasteiger partial charge in [0.1, 0.15) is 5.76 Å². The quantitative estimate of drug-likeness (QED) is 0.767. The van der Waals surface area contributed by atoms with Gasteiger partial charge in [0.15, 0.2) is 0 Å². The normalized spacial score (nSPS) is 24.2. The van der Waals surface area contributed by atoms with Crippen molar-refractivity contribution >= 4 is 10.0 Å². The molecule has 2 aliphatic heterocycles. The van der Waals surface area contributed by atoms with E-state index in [1.54, 1.807) is 4.31 Å². The van der Waals surface area contributed by atoms with Crippen molar-refractivity contribution in [1.29, 1.82) is 0 Å². The maximum atomic E-state index is 12.9. The molecule has 4 rings (SSSR count). The lowest BCUT2D eigenvalue weighted by molar-refractivity contribution is 0.0930. The summed E-state index contributed by atoms with van der Waals surface area (Å²) >= 11 is 0. The van der Waals surface area contributed by atoms with Crippen molar-refractivity contribution in [3.8, 4) is 0 Å². The summed E-state index contributed by atoms with van der Waals surface area (Å²) < 4.78 is 32.9. The fourth-order valence-corrected chi connectivity index (χ4v) is 6.37. The van der Waals surface area contributed by atoms with Crippen LogP contribution in [0.2, 0.25) is 0 Å². The van der Waals surface area contributed by atoms with Crippen LogP contribution in [0.4, 0.5) is 0 Å². The fraction of sp³-hybridized carbons (Fsp3) is 0.571. The number of hydrogen-bond donors (Lipinski definition) is 0. The molecule has 1 aromatic heterocycles. The Balaban J connectivity index is 1.43. The van der Waals surface area contributed by atoms with Crippen molar-refractivity contribution in [3.63, 3.8) is 0 Å². The first-order chi connectivity index (χ1) is 13.4. The fourth-order valence-electron chi connectivity index (χ4n) is 4.74. The van der Waals surface area contributed by atoms with Crippen molar-refractivity contribution in [2.24, 2.45) is 5.41 Å². The van der Waals surface area contributed by atoms with Crippen LogP contribution in [0.1, 0.15) is 41.8 Å². The van der Waals surface area contributed by atoms with E-state index in [1.165, 1.54) is 5.56 Å². The summed E-state index contributed by atoms with van der Waals surface area (Å²) in [6.45, 7) is 8.03. The number of sulfonamides is 1. The zero-order valence-corrected chi connectivity index (χ0v) is 17.5. The lowest BCUT2D eigenvalue weighted by Gasteiger charge is -2.40. The van der Waals surface area contributed by atoms with Gasteiger partial charge in [0.05, 0.1) is 11.4 Å². The highest BCUT2D eigenvalue weighted by Crippen LogP contribution is 2.40. The van der Waals surface area contributed by atoms with Crippen LogP contribution in [0.25, 0.3) is 0 Å². The van der Waals surface area contributed by atoms with Crippen LogP contribution < -0.4 is 0 Å². The number of benzene rings is 1. The van der Waals surface area contributed by atoms with Gasteiger partial charge in [0, 0.05) is 31.7 Å². The van der Waals surface area contributed by atoms with E-state index >= 15 is 0 Å². The predicted octanol–water partition coefficient (Wildman–Crippen LogP) is 3.11. The second kappa shape index (κ2) is 7.61. The first-order valence-electron chi connectivity index (χ1n) is 10.0. The molecule has 7 heteroatoms. The Labute approximate surface area is 167 Å². The second-order valence-corrected chi connectivity index (χ2v) is 10.4. The zero-order valence-electron chi connectivity index (χ0n) is 16.7. The van der Waals surface area contributed by atoms with Crippen molar-refractivity contribution in [2.45, 2.75) is 45.4 Å². The Kier molecular flexibility index (Phi) is 5.33. The van der Waals surface area contributed by atoms with Gasteiger partial charge in [-0.25, -0.2) is 12.7 Å². The molecule has 0 saturated carbocycles. The molecular formula is C21H29N3O3S. The third kappa shape index (κ3) is 4.02. The van der Waals surface area contributed by atoms with E-state index in [-0.39, 0.29) is 11.2 Å². The van der Waals surface area contributed by atoms with Gasteiger partial charge in [-0.15, -0.1) is 0 Å². The Morgan fingerprint density at radius 2 is 1.89 bits per heavy atom. The van der Waals surface area contributed by atoms with Gasteiger partial charge in [0.25, 0.3) is 0 Å². The van der Waals surface area contributed by atoms with Crippen LogP contribution in [0.5, 0.6) is 0 Å². The van der Waals surface area contributed by atoms with Crippen LogP contribution in [-0.2, 0) is 22.3 Å². The number of piperidine rings is 1. The summed E-state index contributed by atoms with van der Waals surface area (Å²) in [6.07, 6.45) is 3.15. The molecule has 0 radical (unpaired) electrons. The van der Waals surface area contributed by atoms with Crippen LogP contribution >= 0.6 is 0 Å². The molecule has 152 valence electrons. The molecule has 1 atom stereocenters. The highest BCUT2D eigenvalue weighted by molar-refractivity contribution is 7.88. The van der Waals surface area contributed by atoms with Crippen molar-refractivity contribution in [3.05, 3.63) is 52.9 Å². The molecule has 1 unspecified atom stereocenters. The smallest absolute Gasteiger partial charge is 0.218 e. The molecule has 0 N–H and O–H groups in total. The first kappa shape index (κ1) is 19.6. The minimum atomic E-state index is -3.28. The van der Waals surface area contributed by atoms with Gasteiger partial charge < -0.3 is 4.52 Å². The van der Waals surface area contributed by atoms with Crippen LogP contribution in [0.3, 0.4) is 0 Å². The Morgan fingerprint density at radius 1 is 1.11 bits per heavy atom. The number of hydrogen-bond acceptors (Lipinski definition) is 5. The van der Waals surface area contributed by atoms with Crippen molar-refractivity contribution in [2.75, 3.05) is 26.2 Å². The Morgan fingerprint density at radius 3 is 2.61 bits per heavy atom. The van der Waals surface area contributed by atoms with Gasteiger partial charge in [0.2, 0.25) is 10.0 Å². The summed E-state index contributed by atoms with van der Waals surface area (Å²) in [4.78, 5) is 2.45. The minimum absolute atomic E-state index is 0.0704. The van der Waals surface area contributed by atoms with Gasteiger partial charge in [-0.05, 0) is 50.6 Å². The van der Waals surface area contributed by atoms with Crippen molar-refractivity contribution < 1.29 is 12.9 Å². The molecule has 2 aliphatic rings. The molecule has 1 aromatic carbocycles. The Hall–Kier alpha value is -1.70. The Bertz CT molecular complexity index is 906. The van der Waals surface area contributed by atoms with Gasteiger partial charge in [-0.2, -0.15) is 0 Å². The molecule has 1 spiro atoms. The second-order valence-electron chi connectivity index (χ2n) is 8.44. The molecule has 6 nitrogen and oxygen atoms in total. The molecule has 28 heavy (non-hydrogen) atoms. The monoisotopic (exact) mass is 403 g/mol. The van der Waals surface area contributed by atoms with Crippen LogP contribution in [0.15, 0.2) is 34.9 Å². The van der Waals surface area contributed by atoms with E-state index in [2.05, 4.69) is 10.1 Å². The first-order valence-corrected chi connectivity index (χ1v) is 11.6. The predicted molar refractivity (Wildman–Crippen MR) is 108 cm³/mol. The maximum Gasteiger partial charge on any atom is 0.218 e. The molecule has 2 saturated heterocycles. The lowest BCUT2D eigenvalue weighted by atomic mass is 9.79. The number of likely N-dealkylation sites (tertiary alicyclic amines) is 1. The third-order valence-corrected chi connectivity index (χ3v) is 8.09. The molecular weight excluding hydrogens is 374 g/mol. The summed E-state index contributed by atoms with van der Waals surface area (Å²) in [5.74, 6) is 0.975. The number of aryl methyl sites for hydroxylation is 2. The van der Waals surface area contributed by atoms with E-state index in [4.69, 9.17) is 4.52 Å². The highest BCUT2D eigenvalue weighted by atomic mass is 32.2. The highest BCUT2D eigenvalue weighted by Gasteiger charge is 2.44. The average molecular weight is 404 g/mol. The third-order valence-electron chi connectivity index (χ3n) is 6.29. The van der Waals surface area contributed by atoms with Crippen molar-refractivity contribution in [1.82, 2.24) is 14.4 Å². The number of nitrogens with zero attached hydrogens (tertiary/aromatic N) is 3. The van der Waals surface area contributed by atoms with Gasteiger partial charge in [-0.1, -0.05) is 35.5 Å². The minimum Gasteiger partial charge on any atom is -0.361 e.